The zero-order valence-electron chi connectivity index (χ0n) is 15.8. The average molecular weight is 377 g/mol. The molecule has 2 aromatic rings. The highest BCUT2D eigenvalue weighted by Gasteiger charge is 2.54. The van der Waals surface area contributed by atoms with Crippen LogP contribution in [0.1, 0.15) is 35.8 Å². The highest BCUT2D eigenvalue weighted by molar-refractivity contribution is 5.59. The first-order chi connectivity index (χ1) is 14.2. The SMILES string of the molecule is N#CC1=C(N)C(C#N)(C#N)[C@H](c2cccnc2)[C@@H]2C[C@H](c3ccccc3)CC=C12. The van der Waals surface area contributed by atoms with Gasteiger partial charge in [-0.2, -0.15) is 15.8 Å². The summed E-state index contributed by atoms with van der Waals surface area (Å²) in [7, 11) is 0. The van der Waals surface area contributed by atoms with E-state index in [0.29, 0.717) is 0 Å². The molecule has 1 aromatic heterocycles. The molecule has 0 fully saturated rings. The van der Waals surface area contributed by atoms with E-state index in [0.717, 1.165) is 24.0 Å². The summed E-state index contributed by atoms with van der Waals surface area (Å²) in [4.78, 5) is 4.21. The molecule has 5 nitrogen and oxygen atoms in total. The van der Waals surface area contributed by atoms with Crippen LogP contribution in [0, 0.1) is 45.3 Å². The Bertz CT molecular complexity index is 1100. The van der Waals surface area contributed by atoms with Crippen molar-refractivity contribution >= 4 is 0 Å². The van der Waals surface area contributed by atoms with E-state index in [1.165, 1.54) is 5.56 Å². The van der Waals surface area contributed by atoms with Crippen LogP contribution in [0.3, 0.4) is 0 Å². The Morgan fingerprint density at radius 3 is 2.34 bits per heavy atom. The maximum Gasteiger partial charge on any atom is 0.191 e. The molecule has 3 atom stereocenters. The predicted molar refractivity (Wildman–Crippen MR) is 107 cm³/mol. The summed E-state index contributed by atoms with van der Waals surface area (Å²) < 4.78 is 0. The lowest BCUT2D eigenvalue weighted by molar-refractivity contribution is 0.302. The Balaban J connectivity index is 1.93. The van der Waals surface area contributed by atoms with Gasteiger partial charge in [-0.1, -0.05) is 42.5 Å². The van der Waals surface area contributed by atoms with Gasteiger partial charge >= 0.3 is 0 Å². The van der Waals surface area contributed by atoms with Gasteiger partial charge in [0.15, 0.2) is 5.41 Å². The summed E-state index contributed by atoms with van der Waals surface area (Å²) in [5.41, 5.74) is 7.92. The number of fused-ring (bicyclic) bond motifs is 1. The molecule has 2 aliphatic carbocycles. The maximum absolute atomic E-state index is 10.1. The zero-order chi connectivity index (χ0) is 20.4. The number of nitriles is 3. The molecule has 0 unspecified atom stereocenters. The molecule has 0 radical (unpaired) electrons. The molecule has 4 rings (SSSR count). The predicted octanol–water partition coefficient (Wildman–Crippen LogP) is 4.07. The zero-order valence-corrected chi connectivity index (χ0v) is 15.8. The van der Waals surface area contributed by atoms with Gasteiger partial charge in [-0.25, -0.2) is 0 Å². The standard InChI is InChI=1S/C24H19N5/c25-12-21-19-9-8-17(16-5-2-1-3-6-16)11-20(19)22(18-7-4-10-29-13-18)24(14-26,15-27)23(21)28/h1-7,9-10,13,17,20,22H,8,11,28H2/t17-,20-,22-/m1/s1. The second-order valence-corrected chi connectivity index (χ2v) is 7.54. The van der Waals surface area contributed by atoms with E-state index < -0.39 is 11.3 Å². The van der Waals surface area contributed by atoms with Gasteiger partial charge < -0.3 is 5.73 Å². The first kappa shape index (κ1) is 18.5. The molecular formula is C24H19N5. The van der Waals surface area contributed by atoms with Crippen LogP contribution in [-0.2, 0) is 0 Å². The molecule has 1 aromatic carbocycles. The number of nitrogens with zero attached hydrogens (tertiary/aromatic N) is 4. The molecule has 29 heavy (non-hydrogen) atoms. The van der Waals surface area contributed by atoms with E-state index in [2.05, 4.69) is 41.4 Å². The summed E-state index contributed by atoms with van der Waals surface area (Å²) in [6, 6.07) is 20.4. The topological polar surface area (TPSA) is 110 Å². The van der Waals surface area contributed by atoms with Crippen molar-refractivity contribution in [1.82, 2.24) is 4.98 Å². The van der Waals surface area contributed by atoms with Gasteiger partial charge in [-0.3, -0.25) is 4.98 Å². The first-order valence-electron chi connectivity index (χ1n) is 9.54. The number of pyridine rings is 1. The smallest absolute Gasteiger partial charge is 0.191 e. The van der Waals surface area contributed by atoms with Crippen molar-refractivity contribution in [1.29, 1.82) is 15.8 Å². The van der Waals surface area contributed by atoms with E-state index in [4.69, 9.17) is 5.73 Å². The van der Waals surface area contributed by atoms with Crippen LogP contribution in [0.2, 0.25) is 0 Å². The molecular weight excluding hydrogens is 358 g/mol. The molecule has 0 spiro atoms. The lowest BCUT2D eigenvalue weighted by Gasteiger charge is -2.44. The lowest BCUT2D eigenvalue weighted by atomic mass is 9.55. The van der Waals surface area contributed by atoms with Gasteiger partial charge in [0.1, 0.15) is 6.07 Å². The molecule has 2 N–H and O–H groups in total. The quantitative estimate of drug-likeness (QED) is 0.848. The normalized spacial score (nSPS) is 25.0. The van der Waals surface area contributed by atoms with Crippen molar-refractivity contribution in [3.05, 3.63) is 88.9 Å². The fourth-order valence-electron chi connectivity index (χ4n) is 4.82. The highest BCUT2D eigenvalue weighted by Crippen LogP contribution is 2.57. The van der Waals surface area contributed by atoms with Gasteiger partial charge in [0.25, 0.3) is 0 Å². The monoisotopic (exact) mass is 377 g/mol. The number of allylic oxidation sites excluding steroid dienone is 4. The summed E-state index contributed by atoms with van der Waals surface area (Å²) in [5, 5.41) is 30.0. The largest absolute Gasteiger partial charge is 0.399 e. The lowest BCUT2D eigenvalue weighted by Crippen LogP contribution is -2.43. The van der Waals surface area contributed by atoms with Crippen LogP contribution in [0.5, 0.6) is 0 Å². The fourth-order valence-corrected chi connectivity index (χ4v) is 4.82. The van der Waals surface area contributed by atoms with Gasteiger partial charge in [-0.15, -0.1) is 0 Å². The van der Waals surface area contributed by atoms with Gasteiger partial charge in [-0.05, 0) is 47.4 Å². The number of nitrogens with two attached hydrogens (primary N) is 1. The number of hydrogen-bond acceptors (Lipinski definition) is 5. The molecule has 0 aliphatic heterocycles. The second kappa shape index (κ2) is 7.27. The van der Waals surface area contributed by atoms with E-state index in [9.17, 15) is 15.8 Å². The van der Waals surface area contributed by atoms with Crippen molar-refractivity contribution in [3.8, 4) is 18.2 Å². The second-order valence-electron chi connectivity index (χ2n) is 7.54. The Labute approximate surface area is 170 Å². The van der Waals surface area contributed by atoms with Crippen LogP contribution in [0.25, 0.3) is 0 Å². The van der Waals surface area contributed by atoms with Gasteiger partial charge in [0.05, 0.1) is 23.4 Å². The first-order valence-corrected chi connectivity index (χ1v) is 9.54. The van der Waals surface area contributed by atoms with E-state index in [1.54, 1.807) is 18.5 Å². The Kier molecular flexibility index (Phi) is 4.63. The van der Waals surface area contributed by atoms with Crippen LogP contribution in [0.4, 0.5) is 0 Å². The van der Waals surface area contributed by atoms with Gasteiger partial charge in [0.2, 0.25) is 0 Å². The third kappa shape index (κ3) is 2.78. The van der Waals surface area contributed by atoms with Crippen LogP contribution in [0.15, 0.2) is 77.8 Å². The van der Waals surface area contributed by atoms with Crippen LogP contribution in [-0.4, -0.2) is 4.98 Å². The summed E-state index contributed by atoms with van der Waals surface area (Å²) >= 11 is 0. The van der Waals surface area contributed by atoms with Crippen molar-refractivity contribution in [2.24, 2.45) is 17.1 Å². The Morgan fingerprint density at radius 1 is 1.00 bits per heavy atom. The molecule has 0 saturated carbocycles. The van der Waals surface area contributed by atoms with Gasteiger partial charge in [0, 0.05) is 18.3 Å². The molecule has 0 saturated heterocycles. The number of rotatable bonds is 2. The Morgan fingerprint density at radius 2 is 1.72 bits per heavy atom. The maximum atomic E-state index is 10.1. The van der Waals surface area contributed by atoms with Crippen molar-refractivity contribution < 1.29 is 0 Å². The van der Waals surface area contributed by atoms with E-state index in [-0.39, 0.29) is 23.1 Å². The minimum Gasteiger partial charge on any atom is -0.399 e. The number of benzene rings is 1. The third-order valence-corrected chi connectivity index (χ3v) is 6.19. The van der Waals surface area contributed by atoms with Crippen molar-refractivity contribution in [3.63, 3.8) is 0 Å². The third-order valence-electron chi connectivity index (χ3n) is 6.19. The molecule has 5 heteroatoms. The summed E-state index contributed by atoms with van der Waals surface area (Å²) in [6.07, 6.45) is 6.96. The minimum atomic E-state index is -1.60. The summed E-state index contributed by atoms with van der Waals surface area (Å²) in [6.45, 7) is 0. The average Bonchev–Trinajstić information content (AvgIpc) is 2.79. The molecule has 1 heterocycles. The number of hydrogen-bond donors (Lipinski definition) is 1. The van der Waals surface area contributed by atoms with Crippen LogP contribution >= 0.6 is 0 Å². The molecule has 140 valence electrons. The fraction of sp³-hybridized carbons (Fsp3) is 0.250. The molecule has 0 bridgehead atoms. The molecule has 0 amide bonds. The van der Waals surface area contributed by atoms with E-state index >= 15 is 0 Å². The van der Waals surface area contributed by atoms with E-state index in [1.807, 2.05) is 24.3 Å². The summed E-state index contributed by atoms with van der Waals surface area (Å²) in [5.74, 6) is -0.404. The minimum absolute atomic E-state index is 0.0551. The number of aromatic nitrogens is 1. The Hall–Kier alpha value is -3.88. The molecule has 2 aliphatic rings. The highest BCUT2D eigenvalue weighted by atomic mass is 14.7. The van der Waals surface area contributed by atoms with Crippen LogP contribution < -0.4 is 5.73 Å². The van der Waals surface area contributed by atoms with Crippen molar-refractivity contribution in [2.75, 3.05) is 0 Å². The van der Waals surface area contributed by atoms with Crippen molar-refractivity contribution in [2.45, 2.75) is 24.7 Å².